The minimum absolute atomic E-state index is 0.113. The first-order valence-electron chi connectivity index (χ1n) is 9.15. The Kier molecular flexibility index (Phi) is 5.02. The van der Waals surface area contributed by atoms with E-state index in [9.17, 15) is 4.79 Å². The molecule has 1 aromatic heterocycles. The van der Waals surface area contributed by atoms with Crippen molar-refractivity contribution in [1.82, 2.24) is 4.98 Å². The van der Waals surface area contributed by atoms with Gasteiger partial charge in [-0.2, -0.15) is 0 Å². The lowest BCUT2D eigenvalue weighted by atomic mass is 10.1. The quantitative estimate of drug-likeness (QED) is 0.505. The number of rotatable bonds is 5. The Balaban J connectivity index is 1.53. The van der Waals surface area contributed by atoms with Crippen LogP contribution in [0.3, 0.4) is 0 Å². The largest absolute Gasteiger partial charge is 0.455 e. The Labute approximate surface area is 163 Å². The molecule has 1 amide bonds. The molecular formula is C24H20N2O2. The van der Waals surface area contributed by atoms with Crippen LogP contribution in [0.2, 0.25) is 0 Å². The molecule has 0 unspecified atom stereocenters. The fourth-order valence-electron chi connectivity index (χ4n) is 3.14. The van der Waals surface area contributed by atoms with E-state index < -0.39 is 0 Å². The molecule has 0 atom stereocenters. The number of carbonyl (C=O) groups excluding carboxylic acids is 1. The molecule has 138 valence electrons. The van der Waals surface area contributed by atoms with Crippen LogP contribution in [-0.4, -0.2) is 10.9 Å². The molecule has 28 heavy (non-hydrogen) atoms. The second-order valence-electron chi connectivity index (χ2n) is 6.63. The van der Waals surface area contributed by atoms with Gasteiger partial charge in [0, 0.05) is 11.6 Å². The number of aryl methyl sites for hydroxylation is 1. The maximum Gasteiger partial charge on any atom is 0.228 e. The zero-order valence-electron chi connectivity index (χ0n) is 15.6. The molecule has 4 aromatic rings. The SMILES string of the molecule is Cc1cccc(Oc2ccccc2NC(=O)Cc2cccc3cccnc23)c1. The number of nitrogens with zero attached hydrogens (tertiary/aromatic N) is 1. The Bertz CT molecular complexity index is 1130. The first-order valence-corrected chi connectivity index (χ1v) is 9.15. The molecular weight excluding hydrogens is 348 g/mol. The van der Waals surface area contributed by atoms with E-state index in [4.69, 9.17) is 4.74 Å². The Morgan fingerprint density at radius 3 is 2.68 bits per heavy atom. The van der Waals surface area contributed by atoms with Gasteiger partial charge in [0.2, 0.25) is 5.91 Å². The van der Waals surface area contributed by atoms with Crippen LogP contribution in [-0.2, 0) is 11.2 Å². The van der Waals surface area contributed by atoms with Crippen LogP contribution in [0.15, 0.2) is 85.1 Å². The lowest BCUT2D eigenvalue weighted by molar-refractivity contribution is -0.115. The molecule has 0 aliphatic rings. The highest BCUT2D eigenvalue weighted by Crippen LogP contribution is 2.30. The number of benzene rings is 3. The van der Waals surface area contributed by atoms with Crippen molar-refractivity contribution in [3.63, 3.8) is 0 Å². The number of nitrogens with one attached hydrogen (secondary N) is 1. The molecule has 0 saturated carbocycles. The van der Waals surface area contributed by atoms with E-state index in [0.29, 0.717) is 11.4 Å². The van der Waals surface area contributed by atoms with Crippen LogP contribution < -0.4 is 10.1 Å². The summed E-state index contributed by atoms with van der Waals surface area (Å²) in [4.78, 5) is 17.1. The summed E-state index contributed by atoms with van der Waals surface area (Å²) in [6.07, 6.45) is 1.99. The van der Waals surface area contributed by atoms with E-state index in [2.05, 4.69) is 10.3 Å². The molecule has 0 aliphatic carbocycles. The molecule has 4 nitrogen and oxygen atoms in total. The summed E-state index contributed by atoms with van der Waals surface area (Å²) >= 11 is 0. The summed E-state index contributed by atoms with van der Waals surface area (Å²) in [6, 6.07) is 25.0. The first kappa shape index (κ1) is 17.7. The van der Waals surface area contributed by atoms with Crippen molar-refractivity contribution in [2.24, 2.45) is 0 Å². The van der Waals surface area contributed by atoms with Crippen LogP contribution in [0.4, 0.5) is 5.69 Å². The predicted octanol–water partition coefficient (Wildman–Crippen LogP) is 5.52. The van der Waals surface area contributed by atoms with Crippen molar-refractivity contribution in [3.05, 3.63) is 96.2 Å². The maximum absolute atomic E-state index is 12.7. The number of pyridine rings is 1. The number of amides is 1. The predicted molar refractivity (Wildman–Crippen MR) is 112 cm³/mol. The van der Waals surface area contributed by atoms with Gasteiger partial charge >= 0.3 is 0 Å². The molecule has 0 spiro atoms. The zero-order valence-corrected chi connectivity index (χ0v) is 15.6. The van der Waals surface area contributed by atoms with Crippen molar-refractivity contribution in [1.29, 1.82) is 0 Å². The molecule has 0 fully saturated rings. The smallest absolute Gasteiger partial charge is 0.228 e. The number of anilines is 1. The fourth-order valence-corrected chi connectivity index (χ4v) is 3.14. The van der Waals surface area contributed by atoms with Gasteiger partial charge in [0.05, 0.1) is 17.6 Å². The van der Waals surface area contributed by atoms with E-state index >= 15 is 0 Å². The highest BCUT2D eigenvalue weighted by atomic mass is 16.5. The van der Waals surface area contributed by atoms with Crippen molar-refractivity contribution >= 4 is 22.5 Å². The minimum atomic E-state index is -0.113. The number of para-hydroxylation sites is 3. The second-order valence-corrected chi connectivity index (χ2v) is 6.63. The number of aromatic nitrogens is 1. The first-order chi connectivity index (χ1) is 13.7. The molecule has 1 heterocycles. The summed E-state index contributed by atoms with van der Waals surface area (Å²) in [6.45, 7) is 2.01. The zero-order chi connectivity index (χ0) is 19.3. The molecule has 0 radical (unpaired) electrons. The molecule has 0 aliphatic heterocycles. The van der Waals surface area contributed by atoms with Crippen molar-refractivity contribution in [2.75, 3.05) is 5.32 Å². The number of carbonyl (C=O) groups is 1. The molecule has 3 aromatic carbocycles. The van der Waals surface area contributed by atoms with Crippen molar-refractivity contribution < 1.29 is 9.53 Å². The summed E-state index contributed by atoms with van der Waals surface area (Å²) in [5.41, 5.74) is 3.50. The number of hydrogen-bond acceptors (Lipinski definition) is 3. The van der Waals surface area contributed by atoms with Gasteiger partial charge in [0.15, 0.2) is 5.75 Å². The number of fused-ring (bicyclic) bond motifs is 1. The van der Waals surface area contributed by atoms with Crippen LogP contribution in [0.1, 0.15) is 11.1 Å². The third kappa shape index (κ3) is 4.01. The summed E-state index contributed by atoms with van der Waals surface area (Å²) < 4.78 is 5.98. The van der Waals surface area contributed by atoms with E-state index in [1.807, 2.05) is 85.8 Å². The summed E-state index contributed by atoms with van der Waals surface area (Å²) in [5, 5.41) is 3.99. The molecule has 4 rings (SSSR count). The van der Waals surface area contributed by atoms with Gasteiger partial charge in [0.25, 0.3) is 0 Å². The Hall–Kier alpha value is -3.66. The number of hydrogen-bond donors (Lipinski definition) is 1. The molecule has 0 saturated heterocycles. The average Bonchev–Trinajstić information content (AvgIpc) is 2.70. The van der Waals surface area contributed by atoms with E-state index in [0.717, 1.165) is 27.8 Å². The third-order valence-corrected chi connectivity index (χ3v) is 4.45. The van der Waals surface area contributed by atoms with E-state index in [1.54, 1.807) is 6.20 Å². The van der Waals surface area contributed by atoms with Gasteiger partial charge in [-0.3, -0.25) is 9.78 Å². The van der Waals surface area contributed by atoms with Crippen LogP contribution in [0, 0.1) is 6.92 Å². The van der Waals surface area contributed by atoms with Gasteiger partial charge < -0.3 is 10.1 Å². The van der Waals surface area contributed by atoms with Gasteiger partial charge in [-0.15, -0.1) is 0 Å². The van der Waals surface area contributed by atoms with Crippen LogP contribution >= 0.6 is 0 Å². The molecule has 0 bridgehead atoms. The highest BCUT2D eigenvalue weighted by molar-refractivity contribution is 5.96. The molecule has 1 N–H and O–H groups in total. The summed E-state index contributed by atoms with van der Waals surface area (Å²) in [5.74, 6) is 1.23. The van der Waals surface area contributed by atoms with Crippen LogP contribution in [0.25, 0.3) is 10.9 Å². The van der Waals surface area contributed by atoms with Crippen molar-refractivity contribution in [3.8, 4) is 11.5 Å². The van der Waals surface area contributed by atoms with E-state index in [1.165, 1.54) is 0 Å². The van der Waals surface area contributed by atoms with Crippen LogP contribution in [0.5, 0.6) is 11.5 Å². The number of ether oxygens (including phenoxy) is 1. The molecule has 4 heteroatoms. The lowest BCUT2D eigenvalue weighted by Gasteiger charge is -2.13. The third-order valence-electron chi connectivity index (χ3n) is 4.45. The monoisotopic (exact) mass is 368 g/mol. The topological polar surface area (TPSA) is 51.2 Å². The minimum Gasteiger partial charge on any atom is -0.455 e. The fraction of sp³-hybridized carbons (Fsp3) is 0.0833. The standard InChI is InChI=1S/C24H20N2O2/c1-17-7-4-11-20(15-17)28-22-13-3-2-12-21(22)26-23(27)16-19-9-5-8-18-10-6-14-25-24(18)19/h2-15H,16H2,1H3,(H,26,27). The normalized spacial score (nSPS) is 10.6. The second kappa shape index (κ2) is 7.92. The Morgan fingerprint density at radius 2 is 1.79 bits per heavy atom. The maximum atomic E-state index is 12.7. The van der Waals surface area contributed by atoms with Gasteiger partial charge in [0.1, 0.15) is 5.75 Å². The van der Waals surface area contributed by atoms with Gasteiger partial charge in [-0.25, -0.2) is 0 Å². The Morgan fingerprint density at radius 1 is 0.964 bits per heavy atom. The van der Waals surface area contributed by atoms with E-state index in [-0.39, 0.29) is 12.3 Å². The average molecular weight is 368 g/mol. The highest BCUT2D eigenvalue weighted by Gasteiger charge is 2.11. The summed E-state index contributed by atoms with van der Waals surface area (Å²) in [7, 11) is 0. The van der Waals surface area contributed by atoms with Crippen molar-refractivity contribution in [2.45, 2.75) is 13.3 Å². The van der Waals surface area contributed by atoms with Gasteiger partial charge in [-0.05, 0) is 48.4 Å². The van der Waals surface area contributed by atoms with Gasteiger partial charge in [-0.1, -0.05) is 48.5 Å². The lowest BCUT2D eigenvalue weighted by Crippen LogP contribution is -2.15.